The van der Waals surface area contributed by atoms with E-state index in [9.17, 15) is 4.79 Å². The van der Waals surface area contributed by atoms with E-state index < -0.39 is 0 Å². The Morgan fingerprint density at radius 1 is 0.765 bits per heavy atom. The maximum absolute atomic E-state index is 11.5. The first-order valence-corrected chi connectivity index (χ1v) is 9.56. The molecule has 1 nitrogen and oxygen atoms in total. The molecule has 0 radical (unpaired) electrons. The van der Waals surface area contributed by atoms with Crippen molar-refractivity contribution in [1.29, 1.82) is 0 Å². The second-order valence-corrected chi connectivity index (χ2v) is 7.15. The molecule has 0 heterocycles. The summed E-state index contributed by atoms with van der Waals surface area (Å²) < 4.78 is 0. The van der Waals surface area contributed by atoms with E-state index in [1.165, 1.54) is 44.3 Å². The fourth-order valence-electron chi connectivity index (χ4n) is 1.58. The van der Waals surface area contributed by atoms with Crippen LogP contribution in [0.2, 0.25) is 0 Å². The summed E-state index contributed by atoms with van der Waals surface area (Å²) in [4.78, 5) is 11.5. The van der Waals surface area contributed by atoms with Crippen LogP contribution in [-0.4, -0.2) is 17.3 Å². The van der Waals surface area contributed by atoms with Crippen molar-refractivity contribution in [2.24, 2.45) is 0 Å². The standard InChI is InChI=1S/C14H28OS2/c1-3-5-6-7-8-9-10-14(15)11-13-17-16-12-4-2/h3-13H2,1-2H3. The molecule has 0 aliphatic carbocycles. The van der Waals surface area contributed by atoms with Gasteiger partial charge in [-0.25, -0.2) is 0 Å². The molecule has 17 heavy (non-hydrogen) atoms. The average Bonchev–Trinajstić information content (AvgIpc) is 2.33. The van der Waals surface area contributed by atoms with Gasteiger partial charge in [-0.3, -0.25) is 4.79 Å². The van der Waals surface area contributed by atoms with Gasteiger partial charge in [0, 0.05) is 24.3 Å². The minimum Gasteiger partial charge on any atom is -0.300 e. The number of hydrogen-bond acceptors (Lipinski definition) is 3. The summed E-state index contributed by atoms with van der Waals surface area (Å²) in [5, 5.41) is 0. The molecular formula is C14H28OS2. The van der Waals surface area contributed by atoms with Gasteiger partial charge in [0.15, 0.2) is 0 Å². The van der Waals surface area contributed by atoms with Crippen molar-refractivity contribution in [1.82, 2.24) is 0 Å². The van der Waals surface area contributed by atoms with Gasteiger partial charge in [-0.05, 0) is 12.8 Å². The van der Waals surface area contributed by atoms with Crippen LogP contribution in [0.25, 0.3) is 0 Å². The van der Waals surface area contributed by atoms with Gasteiger partial charge in [-0.1, -0.05) is 67.5 Å². The van der Waals surface area contributed by atoms with Crippen LogP contribution in [0, 0.1) is 0 Å². The van der Waals surface area contributed by atoms with Crippen molar-refractivity contribution in [3.63, 3.8) is 0 Å². The zero-order valence-electron chi connectivity index (χ0n) is 11.5. The summed E-state index contributed by atoms with van der Waals surface area (Å²) in [6.45, 7) is 4.43. The Bertz CT molecular complexity index is 172. The lowest BCUT2D eigenvalue weighted by Gasteiger charge is -2.01. The molecular weight excluding hydrogens is 248 g/mol. The second kappa shape index (κ2) is 14.4. The Labute approximate surface area is 115 Å². The largest absolute Gasteiger partial charge is 0.300 e. The minimum atomic E-state index is 0.463. The third kappa shape index (κ3) is 14.3. The first kappa shape index (κ1) is 17.4. The van der Waals surface area contributed by atoms with Crippen molar-refractivity contribution in [2.75, 3.05) is 11.5 Å². The smallest absolute Gasteiger partial charge is 0.133 e. The maximum Gasteiger partial charge on any atom is 0.133 e. The van der Waals surface area contributed by atoms with Gasteiger partial charge >= 0.3 is 0 Å². The number of carbonyl (C=O) groups is 1. The van der Waals surface area contributed by atoms with E-state index in [-0.39, 0.29) is 0 Å². The van der Waals surface area contributed by atoms with E-state index in [0.717, 1.165) is 25.0 Å². The highest BCUT2D eigenvalue weighted by molar-refractivity contribution is 8.76. The van der Waals surface area contributed by atoms with E-state index in [1.807, 2.05) is 21.6 Å². The summed E-state index contributed by atoms with van der Waals surface area (Å²) in [5.74, 6) is 2.67. The Balaban J connectivity index is 3.12. The van der Waals surface area contributed by atoms with Gasteiger partial charge in [-0.2, -0.15) is 0 Å². The summed E-state index contributed by atoms with van der Waals surface area (Å²) in [6.07, 6.45) is 10.4. The van der Waals surface area contributed by atoms with E-state index in [4.69, 9.17) is 0 Å². The van der Waals surface area contributed by atoms with Crippen LogP contribution in [0.5, 0.6) is 0 Å². The van der Waals surface area contributed by atoms with E-state index >= 15 is 0 Å². The van der Waals surface area contributed by atoms with Crippen LogP contribution in [0.4, 0.5) is 0 Å². The van der Waals surface area contributed by atoms with E-state index in [2.05, 4.69) is 13.8 Å². The molecule has 3 heteroatoms. The van der Waals surface area contributed by atoms with Gasteiger partial charge in [0.25, 0.3) is 0 Å². The molecule has 0 N–H and O–H groups in total. The van der Waals surface area contributed by atoms with Gasteiger partial charge in [-0.15, -0.1) is 0 Å². The average molecular weight is 277 g/mol. The quantitative estimate of drug-likeness (QED) is 0.327. The van der Waals surface area contributed by atoms with Crippen LogP contribution in [0.15, 0.2) is 0 Å². The molecule has 0 saturated heterocycles. The highest BCUT2D eigenvalue weighted by Crippen LogP contribution is 2.22. The maximum atomic E-state index is 11.5. The van der Waals surface area contributed by atoms with Gasteiger partial charge in [0.05, 0.1) is 0 Å². The molecule has 0 aromatic carbocycles. The third-order valence-electron chi connectivity index (χ3n) is 2.64. The van der Waals surface area contributed by atoms with Gasteiger partial charge in [0.1, 0.15) is 5.78 Å². The lowest BCUT2D eigenvalue weighted by Crippen LogP contribution is -1.98. The molecule has 0 aliphatic rings. The molecule has 0 bridgehead atoms. The summed E-state index contributed by atoms with van der Waals surface area (Å²) >= 11 is 0. The monoisotopic (exact) mass is 276 g/mol. The molecule has 0 saturated carbocycles. The van der Waals surface area contributed by atoms with Crippen molar-refractivity contribution in [2.45, 2.75) is 71.6 Å². The molecule has 102 valence electrons. The topological polar surface area (TPSA) is 17.1 Å². The molecule has 0 aromatic heterocycles. The predicted octanol–water partition coefficient (Wildman–Crippen LogP) is 5.49. The molecule has 0 fully saturated rings. The van der Waals surface area contributed by atoms with Crippen LogP contribution >= 0.6 is 21.6 Å². The van der Waals surface area contributed by atoms with Gasteiger partial charge < -0.3 is 0 Å². The molecule has 0 aliphatic heterocycles. The molecule has 0 aromatic rings. The normalized spacial score (nSPS) is 10.7. The van der Waals surface area contributed by atoms with Crippen LogP contribution in [-0.2, 0) is 4.79 Å². The summed E-state index contributed by atoms with van der Waals surface area (Å²) in [6, 6.07) is 0. The van der Waals surface area contributed by atoms with Crippen molar-refractivity contribution >= 4 is 27.4 Å². The summed E-state index contributed by atoms with van der Waals surface area (Å²) in [7, 11) is 3.75. The van der Waals surface area contributed by atoms with Crippen LogP contribution in [0.1, 0.15) is 71.6 Å². The second-order valence-electron chi connectivity index (χ2n) is 4.45. The van der Waals surface area contributed by atoms with Gasteiger partial charge in [0.2, 0.25) is 0 Å². The zero-order chi connectivity index (χ0) is 12.8. The molecule has 0 unspecified atom stereocenters. The highest BCUT2D eigenvalue weighted by atomic mass is 33.1. The SMILES string of the molecule is CCCCCCCCC(=O)CCSSCCC. The third-order valence-corrected chi connectivity index (χ3v) is 5.26. The Morgan fingerprint density at radius 3 is 2.12 bits per heavy atom. The fourth-order valence-corrected chi connectivity index (χ4v) is 3.75. The first-order chi connectivity index (χ1) is 8.31. The van der Waals surface area contributed by atoms with Crippen LogP contribution < -0.4 is 0 Å². The first-order valence-electron chi connectivity index (χ1n) is 7.07. The highest BCUT2D eigenvalue weighted by Gasteiger charge is 2.01. The molecule has 0 amide bonds. The Hall–Kier alpha value is 0.370. The minimum absolute atomic E-state index is 0.463. The zero-order valence-corrected chi connectivity index (χ0v) is 13.1. The number of ketones is 1. The van der Waals surface area contributed by atoms with E-state index in [0.29, 0.717) is 5.78 Å². The number of unbranched alkanes of at least 4 members (excludes halogenated alkanes) is 5. The van der Waals surface area contributed by atoms with Crippen molar-refractivity contribution < 1.29 is 4.79 Å². The lowest BCUT2D eigenvalue weighted by molar-refractivity contribution is -0.118. The molecule has 0 rings (SSSR count). The predicted molar refractivity (Wildman–Crippen MR) is 82.8 cm³/mol. The van der Waals surface area contributed by atoms with E-state index in [1.54, 1.807) is 0 Å². The number of rotatable bonds is 13. The van der Waals surface area contributed by atoms with Crippen molar-refractivity contribution in [3.05, 3.63) is 0 Å². The Morgan fingerprint density at radius 2 is 1.41 bits per heavy atom. The number of hydrogen-bond donors (Lipinski definition) is 0. The number of Topliss-reactive ketones (excluding diaryl/α,β-unsaturated/α-hetero) is 1. The Kier molecular flexibility index (Phi) is 14.7. The number of carbonyl (C=O) groups excluding carboxylic acids is 1. The molecule has 0 atom stereocenters. The van der Waals surface area contributed by atoms with Crippen LogP contribution in [0.3, 0.4) is 0 Å². The molecule has 0 spiro atoms. The van der Waals surface area contributed by atoms with Crippen molar-refractivity contribution in [3.8, 4) is 0 Å². The fraction of sp³-hybridized carbons (Fsp3) is 0.929. The summed E-state index contributed by atoms with van der Waals surface area (Å²) in [5.41, 5.74) is 0. The lowest BCUT2D eigenvalue weighted by atomic mass is 10.1.